The fourth-order valence-electron chi connectivity index (χ4n) is 0.771. The van der Waals surface area contributed by atoms with Crippen molar-refractivity contribution in [3.63, 3.8) is 0 Å². The molecule has 1 aliphatic rings. The number of rotatable bonds is 2. The van der Waals surface area contributed by atoms with E-state index in [4.69, 9.17) is 0 Å². The van der Waals surface area contributed by atoms with E-state index in [9.17, 15) is 4.79 Å². The second-order valence-electron chi connectivity index (χ2n) is 2.27. The summed E-state index contributed by atoms with van der Waals surface area (Å²) in [5.74, 6) is 0.131. The van der Waals surface area contributed by atoms with Crippen molar-refractivity contribution in [1.82, 2.24) is 5.32 Å². The van der Waals surface area contributed by atoms with Crippen LogP contribution in [0.2, 0.25) is 0 Å². The summed E-state index contributed by atoms with van der Waals surface area (Å²) in [6.45, 7) is 1.87. The zero-order valence-corrected chi connectivity index (χ0v) is 9.80. The van der Waals surface area contributed by atoms with Gasteiger partial charge in [0.2, 0.25) is 0 Å². The van der Waals surface area contributed by atoms with Crippen molar-refractivity contribution in [2.75, 3.05) is 0 Å². The van der Waals surface area contributed by atoms with Gasteiger partial charge in [-0.1, -0.05) is 0 Å². The van der Waals surface area contributed by atoms with Crippen LogP contribution >= 0.6 is 0 Å². The van der Waals surface area contributed by atoms with Crippen LogP contribution in [-0.2, 0) is 4.79 Å². The molecule has 0 aromatic heterocycles. The Kier molecular flexibility index (Phi) is 3.63. The first-order valence-corrected chi connectivity index (χ1v) is 7.23. The van der Waals surface area contributed by atoms with E-state index >= 15 is 0 Å². The molecule has 0 bridgehead atoms. The van der Waals surface area contributed by atoms with Gasteiger partial charge in [0.05, 0.1) is 0 Å². The minimum absolute atomic E-state index is 0.131. The van der Waals surface area contributed by atoms with E-state index in [1.807, 2.05) is 19.1 Å². The molecule has 1 aliphatic heterocycles. The molecule has 0 aromatic rings. The molecule has 0 aliphatic carbocycles. The van der Waals surface area contributed by atoms with Crippen LogP contribution in [0.1, 0.15) is 13.3 Å². The average molecular weight is 251 g/mol. The first-order valence-electron chi connectivity index (χ1n) is 3.68. The van der Waals surface area contributed by atoms with Crippen LogP contribution in [0.25, 0.3) is 0 Å². The van der Waals surface area contributed by atoms with Crippen molar-refractivity contribution in [2.24, 2.45) is 0 Å². The Hall–Kier alpha value is -0.310. The molecular weight excluding hydrogens is 241 g/mol. The standard InChI is InChI=1S/C8H10NO.In/c1-3-5-6-7-9-8(10)4-2;/h1,3,5-6H,4H2,2H3,(H,9,10);. The first-order chi connectivity index (χ1) is 5.33. The summed E-state index contributed by atoms with van der Waals surface area (Å²) in [7, 11) is 0. The predicted octanol–water partition coefficient (Wildman–Crippen LogP) is 0.430. The van der Waals surface area contributed by atoms with Crippen LogP contribution in [0.4, 0.5) is 0 Å². The van der Waals surface area contributed by atoms with E-state index in [0.29, 0.717) is 6.42 Å². The van der Waals surface area contributed by atoms with Crippen molar-refractivity contribution in [2.45, 2.75) is 13.3 Å². The van der Waals surface area contributed by atoms with Crippen LogP contribution in [0.5, 0.6) is 0 Å². The quantitative estimate of drug-likeness (QED) is 0.757. The van der Waals surface area contributed by atoms with Crippen molar-refractivity contribution < 1.29 is 4.79 Å². The molecule has 2 nitrogen and oxygen atoms in total. The summed E-state index contributed by atoms with van der Waals surface area (Å²) in [5, 5.41) is 2.89. The number of allylic oxidation sites excluding steroid dienone is 2. The van der Waals surface area contributed by atoms with Gasteiger partial charge in [-0.25, -0.2) is 0 Å². The maximum atomic E-state index is 10.9. The van der Waals surface area contributed by atoms with E-state index in [1.54, 1.807) is 0 Å². The topological polar surface area (TPSA) is 29.1 Å². The number of carbonyl (C=O) groups excluding carboxylic acids is 1. The molecule has 0 radical (unpaired) electrons. The van der Waals surface area contributed by atoms with Gasteiger partial charge < -0.3 is 0 Å². The van der Waals surface area contributed by atoms with Gasteiger partial charge in [0, 0.05) is 0 Å². The van der Waals surface area contributed by atoms with E-state index in [1.165, 1.54) is 3.38 Å². The Morgan fingerprint density at radius 1 is 1.64 bits per heavy atom. The molecule has 0 spiro atoms. The summed E-state index contributed by atoms with van der Waals surface area (Å²) >= 11 is -0.735. The SMILES string of the molecule is CCC(=O)N[C]1=[In][CH]=CC=C1. The summed E-state index contributed by atoms with van der Waals surface area (Å²) in [6, 6.07) is 0. The Balaban J connectivity index is 2.50. The first kappa shape index (κ1) is 8.78. The fourth-order valence-corrected chi connectivity index (χ4v) is 3.38. The van der Waals surface area contributed by atoms with Gasteiger partial charge in [-0.15, -0.1) is 0 Å². The van der Waals surface area contributed by atoms with Crippen LogP contribution in [0.15, 0.2) is 22.1 Å². The molecule has 56 valence electrons. The maximum absolute atomic E-state index is 10.9. The zero-order valence-electron chi connectivity index (χ0n) is 6.50. The molecule has 1 rings (SSSR count). The Morgan fingerprint density at radius 3 is 3.00 bits per heavy atom. The minimum atomic E-state index is -0.735. The number of hydrogen-bond donors (Lipinski definition) is 1. The van der Waals surface area contributed by atoms with Crippen LogP contribution in [-0.4, -0.2) is 31.7 Å². The van der Waals surface area contributed by atoms with E-state index in [2.05, 4.69) is 15.2 Å². The Morgan fingerprint density at radius 2 is 2.45 bits per heavy atom. The molecule has 0 saturated carbocycles. The Labute approximate surface area is 77.2 Å². The zero-order chi connectivity index (χ0) is 8.10. The van der Waals surface area contributed by atoms with Crippen molar-refractivity contribution >= 4 is 31.7 Å². The van der Waals surface area contributed by atoms with Gasteiger partial charge in [0.1, 0.15) is 0 Å². The molecule has 0 atom stereocenters. The number of amides is 1. The summed E-state index contributed by atoms with van der Waals surface area (Å²) < 4.78 is 3.38. The average Bonchev–Trinajstić information content (AvgIpc) is 2.06. The fraction of sp³-hybridized carbons (Fsp3) is 0.250. The third kappa shape index (κ3) is 3.06. The van der Waals surface area contributed by atoms with E-state index in [-0.39, 0.29) is 5.91 Å². The van der Waals surface area contributed by atoms with E-state index < -0.39 is 22.4 Å². The second-order valence-corrected chi connectivity index (χ2v) is 6.09. The molecule has 1 amide bonds. The van der Waals surface area contributed by atoms with Gasteiger partial charge in [0.25, 0.3) is 0 Å². The molecule has 1 heterocycles. The monoisotopic (exact) mass is 251 g/mol. The molecule has 0 unspecified atom stereocenters. The third-order valence-electron chi connectivity index (χ3n) is 1.38. The number of hydrogen-bond acceptors (Lipinski definition) is 1. The van der Waals surface area contributed by atoms with Gasteiger partial charge >= 0.3 is 77.2 Å². The van der Waals surface area contributed by atoms with Gasteiger partial charge in [-0.3, -0.25) is 0 Å². The summed E-state index contributed by atoms with van der Waals surface area (Å²) in [4.78, 5) is 10.9. The number of nitrogens with one attached hydrogen (secondary N) is 1. The van der Waals surface area contributed by atoms with Gasteiger partial charge in [-0.05, 0) is 0 Å². The molecule has 0 fully saturated rings. The normalized spacial score (nSPS) is 13.7. The molecule has 11 heavy (non-hydrogen) atoms. The van der Waals surface area contributed by atoms with Crippen LogP contribution in [0.3, 0.4) is 0 Å². The van der Waals surface area contributed by atoms with Crippen molar-refractivity contribution in [3.8, 4) is 0 Å². The van der Waals surface area contributed by atoms with Crippen LogP contribution in [0, 0.1) is 0 Å². The number of carbonyl (C=O) groups is 1. The molecule has 3 heteroatoms. The molecule has 1 N–H and O–H groups in total. The second kappa shape index (κ2) is 4.54. The Bertz CT molecular complexity index is 240. The van der Waals surface area contributed by atoms with Gasteiger partial charge in [-0.2, -0.15) is 0 Å². The van der Waals surface area contributed by atoms with Crippen LogP contribution < -0.4 is 5.32 Å². The third-order valence-corrected chi connectivity index (χ3v) is 4.55. The molecule has 0 aromatic carbocycles. The predicted molar refractivity (Wildman–Crippen MR) is 47.5 cm³/mol. The summed E-state index contributed by atoms with van der Waals surface area (Å²) in [5.41, 5.74) is 0. The van der Waals surface area contributed by atoms with E-state index in [0.717, 1.165) is 0 Å². The molecular formula is C8H10InNO. The summed E-state index contributed by atoms with van der Waals surface area (Å²) in [6.07, 6.45) is 6.61. The van der Waals surface area contributed by atoms with Gasteiger partial charge in [0.15, 0.2) is 0 Å². The van der Waals surface area contributed by atoms with Crippen molar-refractivity contribution in [3.05, 3.63) is 22.1 Å². The van der Waals surface area contributed by atoms with Crippen molar-refractivity contribution in [1.29, 1.82) is 0 Å². The molecule has 0 saturated heterocycles.